The molecule has 0 radical (unpaired) electrons. The molecule has 1 aromatic carbocycles. The van der Waals surface area contributed by atoms with Crippen molar-refractivity contribution in [2.45, 2.75) is 0 Å². The molecule has 3 aromatic rings. The highest BCUT2D eigenvalue weighted by Gasteiger charge is 2.14. The number of anilines is 3. The largest absolute Gasteiger partial charge is 0.380 e. The number of nitrogens with two attached hydrogens (primary N) is 1. The van der Waals surface area contributed by atoms with Crippen LogP contribution in [0.15, 0.2) is 48.8 Å². The van der Waals surface area contributed by atoms with E-state index in [9.17, 15) is 9.18 Å². The Morgan fingerprint density at radius 2 is 1.83 bits per heavy atom. The van der Waals surface area contributed by atoms with Crippen molar-refractivity contribution in [3.63, 3.8) is 0 Å². The van der Waals surface area contributed by atoms with Crippen molar-refractivity contribution in [3.05, 3.63) is 65.7 Å². The highest BCUT2D eigenvalue weighted by molar-refractivity contribution is 5.95. The third kappa shape index (κ3) is 3.09. The lowest BCUT2D eigenvalue weighted by Crippen LogP contribution is -2.33. The van der Waals surface area contributed by atoms with Gasteiger partial charge in [-0.05, 0) is 36.4 Å². The summed E-state index contributed by atoms with van der Waals surface area (Å²) in [6.45, 7) is 0. The average Bonchev–Trinajstić information content (AvgIpc) is 2.60. The first-order valence-corrected chi connectivity index (χ1v) is 6.83. The smallest absolute Gasteiger partial charge is 0.280 e. The molecule has 0 saturated carbocycles. The number of rotatable bonds is 3. The zero-order valence-corrected chi connectivity index (χ0v) is 12.3. The van der Waals surface area contributed by atoms with Crippen LogP contribution < -0.4 is 16.5 Å². The lowest BCUT2D eigenvalue weighted by molar-refractivity contribution is 0.0937. The van der Waals surface area contributed by atoms with Crippen molar-refractivity contribution in [1.82, 2.24) is 19.7 Å². The molecule has 120 valence electrons. The van der Waals surface area contributed by atoms with Crippen molar-refractivity contribution in [2.75, 3.05) is 11.1 Å². The number of nitrogens with zero attached hydrogens (tertiary/aromatic N) is 4. The molecule has 0 saturated heterocycles. The Labute approximate surface area is 135 Å². The quantitative estimate of drug-likeness (QED) is 0.667. The van der Waals surface area contributed by atoms with E-state index in [0.29, 0.717) is 11.3 Å². The molecule has 9 heteroatoms. The van der Waals surface area contributed by atoms with Crippen LogP contribution in [0.4, 0.5) is 21.8 Å². The summed E-state index contributed by atoms with van der Waals surface area (Å²) in [5, 5.41) is 14.7. The number of carbonyl (C=O) groups is 1. The van der Waals surface area contributed by atoms with E-state index in [2.05, 4.69) is 20.4 Å². The van der Waals surface area contributed by atoms with Gasteiger partial charge in [-0.25, -0.2) is 4.39 Å². The molecule has 0 unspecified atom stereocenters. The number of benzene rings is 1. The molecule has 3 rings (SSSR count). The Morgan fingerprint density at radius 3 is 2.50 bits per heavy atom. The van der Waals surface area contributed by atoms with Gasteiger partial charge in [0.2, 0.25) is 5.95 Å². The van der Waals surface area contributed by atoms with Crippen LogP contribution in [0.5, 0.6) is 0 Å². The lowest BCUT2D eigenvalue weighted by Gasteiger charge is -2.09. The summed E-state index contributed by atoms with van der Waals surface area (Å²) >= 11 is 0. The normalized spacial score (nSPS) is 10.4. The summed E-state index contributed by atoms with van der Waals surface area (Å²) in [6.07, 6.45) is 2.92. The molecule has 0 aliphatic heterocycles. The molecule has 0 amide bonds. The van der Waals surface area contributed by atoms with E-state index in [-0.39, 0.29) is 23.1 Å². The van der Waals surface area contributed by atoms with Gasteiger partial charge < -0.3 is 11.1 Å². The average molecular weight is 325 g/mol. The maximum Gasteiger partial charge on any atom is 0.280 e. The van der Waals surface area contributed by atoms with Crippen LogP contribution in [0.1, 0.15) is 10.4 Å². The number of carbonyl (C=O) groups excluding carboxylic acids is 1. The van der Waals surface area contributed by atoms with Crippen LogP contribution in [-0.4, -0.2) is 25.7 Å². The summed E-state index contributed by atoms with van der Waals surface area (Å²) in [6, 6.07) is 8.50. The fraction of sp³-hybridized carbons (Fsp3) is 0. The second kappa shape index (κ2) is 6.24. The van der Waals surface area contributed by atoms with E-state index in [1.807, 2.05) is 0 Å². The van der Waals surface area contributed by atoms with Crippen molar-refractivity contribution in [2.24, 2.45) is 0 Å². The monoisotopic (exact) mass is 325 g/mol. The van der Waals surface area contributed by atoms with E-state index in [4.69, 9.17) is 11.1 Å². The van der Waals surface area contributed by atoms with Gasteiger partial charge in [0.1, 0.15) is 5.82 Å². The van der Waals surface area contributed by atoms with Gasteiger partial charge in [0.25, 0.3) is 5.91 Å². The number of halogens is 1. The Kier molecular flexibility index (Phi) is 3.98. The van der Waals surface area contributed by atoms with Gasteiger partial charge in [-0.3, -0.25) is 15.2 Å². The molecule has 0 fully saturated rings. The SMILES string of the molecule is N=c1c(N)nc(Nc2ccc(F)cc2)nn1C(=O)c1ccncc1. The second-order valence-electron chi connectivity index (χ2n) is 4.75. The van der Waals surface area contributed by atoms with Gasteiger partial charge in [-0.1, -0.05) is 0 Å². The molecular formula is C15H12FN7O. The minimum absolute atomic E-state index is 0.0116. The molecule has 4 N–H and O–H groups in total. The van der Waals surface area contributed by atoms with E-state index in [1.54, 1.807) is 0 Å². The standard InChI is InChI=1S/C15H12FN7O/c16-10-1-3-11(4-2-10)20-15-21-12(17)13(18)23(22-15)14(24)9-5-7-19-8-6-9/h1-8,18H,(H3,17,20,21,22). The third-order valence-corrected chi connectivity index (χ3v) is 3.10. The predicted molar refractivity (Wildman–Crippen MR) is 83.9 cm³/mol. The molecule has 0 spiro atoms. The lowest BCUT2D eigenvalue weighted by atomic mass is 10.2. The molecule has 24 heavy (non-hydrogen) atoms. The minimum Gasteiger partial charge on any atom is -0.380 e. The van der Waals surface area contributed by atoms with Gasteiger partial charge >= 0.3 is 0 Å². The summed E-state index contributed by atoms with van der Waals surface area (Å²) in [4.78, 5) is 20.2. The fourth-order valence-electron chi connectivity index (χ4n) is 1.92. The first kappa shape index (κ1) is 15.3. The molecule has 0 bridgehead atoms. The topological polar surface area (TPSA) is 123 Å². The van der Waals surface area contributed by atoms with Gasteiger partial charge in [-0.2, -0.15) is 9.67 Å². The first-order chi connectivity index (χ1) is 11.5. The van der Waals surface area contributed by atoms with E-state index in [1.165, 1.54) is 48.8 Å². The van der Waals surface area contributed by atoms with Crippen molar-refractivity contribution in [1.29, 1.82) is 5.41 Å². The van der Waals surface area contributed by atoms with Crippen molar-refractivity contribution < 1.29 is 9.18 Å². The Morgan fingerprint density at radius 1 is 1.17 bits per heavy atom. The third-order valence-electron chi connectivity index (χ3n) is 3.10. The molecule has 2 aromatic heterocycles. The number of hydrogen-bond donors (Lipinski definition) is 3. The number of nitrogens with one attached hydrogen (secondary N) is 2. The second-order valence-corrected chi connectivity index (χ2v) is 4.75. The van der Waals surface area contributed by atoms with E-state index >= 15 is 0 Å². The maximum absolute atomic E-state index is 12.9. The molecule has 0 aliphatic rings. The summed E-state index contributed by atoms with van der Waals surface area (Å²) in [5.41, 5.74) is 6.17. The first-order valence-electron chi connectivity index (χ1n) is 6.83. The highest BCUT2D eigenvalue weighted by atomic mass is 19.1. The summed E-state index contributed by atoms with van der Waals surface area (Å²) in [5.74, 6) is -1.08. The number of aromatic nitrogens is 4. The zero-order valence-electron chi connectivity index (χ0n) is 12.3. The Hall–Kier alpha value is -3.62. The summed E-state index contributed by atoms with van der Waals surface area (Å²) in [7, 11) is 0. The predicted octanol–water partition coefficient (Wildman–Crippen LogP) is 1.31. The Balaban J connectivity index is 1.98. The maximum atomic E-state index is 12.9. The van der Waals surface area contributed by atoms with Crippen LogP contribution in [-0.2, 0) is 0 Å². The number of hydrogen-bond acceptors (Lipinski definition) is 7. The minimum atomic E-state index is -0.543. The number of nitrogen functional groups attached to an aromatic ring is 1. The van der Waals surface area contributed by atoms with Crippen LogP contribution >= 0.6 is 0 Å². The zero-order chi connectivity index (χ0) is 17.1. The Bertz CT molecular complexity index is 938. The van der Waals surface area contributed by atoms with Crippen LogP contribution in [0, 0.1) is 11.2 Å². The fourth-order valence-corrected chi connectivity index (χ4v) is 1.92. The summed E-state index contributed by atoms with van der Waals surface area (Å²) < 4.78 is 13.8. The molecule has 0 atom stereocenters. The number of pyridine rings is 1. The molecular weight excluding hydrogens is 313 g/mol. The van der Waals surface area contributed by atoms with Crippen molar-refractivity contribution in [3.8, 4) is 0 Å². The molecule has 2 heterocycles. The molecule has 0 aliphatic carbocycles. The van der Waals surface area contributed by atoms with Gasteiger partial charge in [-0.15, -0.1) is 5.10 Å². The van der Waals surface area contributed by atoms with E-state index in [0.717, 1.165) is 4.68 Å². The molecule has 8 nitrogen and oxygen atoms in total. The van der Waals surface area contributed by atoms with Crippen molar-refractivity contribution >= 4 is 23.4 Å². The van der Waals surface area contributed by atoms with Gasteiger partial charge in [0, 0.05) is 23.6 Å². The van der Waals surface area contributed by atoms with Crippen LogP contribution in [0.25, 0.3) is 0 Å². The highest BCUT2D eigenvalue weighted by Crippen LogP contribution is 2.13. The van der Waals surface area contributed by atoms with Gasteiger partial charge in [0.15, 0.2) is 11.3 Å². The van der Waals surface area contributed by atoms with Crippen LogP contribution in [0.3, 0.4) is 0 Å². The van der Waals surface area contributed by atoms with E-state index < -0.39 is 5.91 Å². The van der Waals surface area contributed by atoms with Gasteiger partial charge in [0.05, 0.1) is 0 Å². The van der Waals surface area contributed by atoms with Crippen LogP contribution in [0.2, 0.25) is 0 Å².